The van der Waals surface area contributed by atoms with Gasteiger partial charge in [0.2, 0.25) is 0 Å². The van der Waals surface area contributed by atoms with Gasteiger partial charge >= 0.3 is 0 Å². The zero-order valence-corrected chi connectivity index (χ0v) is 34.2. The highest BCUT2D eigenvalue weighted by atomic mass is 15.5. The molecule has 0 amide bonds. The molecule has 9 aromatic rings. The lowest BCUT2D eigenvalue weighted by molar-refractivity contribution is 0.520. The second-order valence-electron chi connectivity index (χ2n) is 16.0. The van der Waals surface area contributed by atoms with E-state index in [1.54, 1.807) is 0 Å². The van der Waals surface area contributed by atoms with E-state index in [0.29, 0.717) is 0 Å². The molecule has 6 aromatic carbocycles. The first kappa shape index (κ1) is 36.4. The Balaban J connectivity index is 1.28. The zero-order valence-electron chi connectivity index (χ0n) is 34.2. The standard InChI is InChI=1S/C57H40N6/c1-7-19-39(20-8-1)53-43-37-52-57(44-27-15-5-16-28-44,63(45-29-17-6-18-30-45)61-56(62(52)38-43)42-25-13-4-14-26-42)51-36-35-50(60-51)55(41-23-11-3-12-24-41)49-34-33-48(59-49)54(40-21-9-2-10-22-40)47-32-31-46(53)58-47/h1-38,58,60H/b53-46-,54-47-,55-49-. The van der Waals surface area contributed by atoms with Crippen molar-refractivity contribution < 1.29 is 0 Å². The van der Waals surface area contributed by atoms with Crippen LogP contribution in [0.25, 0.3) is 16.7 Å². The van der Waals surface area contributed by atoms with Gasteiger partial charge < -0.3 is 9.97 Å². The molecule has 6 heteroatoms. The van der Waals surface area contributed by atoms with E-state index in [0.717, 1.165) is 101 Å². The van der Waals surface area contributed by atoms with Gasteiger partial charge in [-0.3, -0.25) is 4.57 Å². The summed E-state index contributed by atoms with van der Waals surface area (Å²) in [6.45, 7) is 0. The minimum atomic E-state index is -0.988. The van der Waals surface area contributed by atoms with Crippen LogP contribution in [0.2, 0.25) is 0 Å². The summed E-state index contributed by atoms with van der Waals surface area (Å²) in [4.78, 5) is 13.5. The summed E-state index contributed by atoms with van der Waals surface area (Å²) in [7, 11) is 0. The molecule has 2 N–H and O–H groups in total. The summed E-state index contributed by atoms with van der Waals surface area (Å²) in [6, 6.07) is 74.9. The smallest absolute Gasteiger partial charge is 0.168 e. The molecule has 3 aliphatic rings. The molecule has 8 bridgehead atoms. The number of H-pyrrole nitrogens is 2. The maximum absolute atomic E-state index is 5.76. The average molecular weight is 809 g/mol. The fourth-order valence-electron chi connectivity index (χ4n) is 9.60. The van der Waals surface area contributed by atoms with Gasteiger partial charge in [-0.15, -0.1) is 0 Å². The van der Waals surface area contributed by atoms with Crippen molar-refractivity contribution in [2.75, 3.05) is 5.01 Å². The quantitative estimate of drug-likeness (QED) is 0.173. The SMILES string of the molecule is C1=C/C2=C(\c3ccccc3)c3ccc([nH]3)C3(c4ccccc4)c4cc(cn4C(c4ccccc4)=NN3c3ccccc3)/C(c3ccccc3)=c3/cc/c([nH]3)=C(\c3ccccc3)C1=N2. The maximum atomic E-state index is 5.76. The zero-order chi connectivity index (χ0) is 41.7. The number of allylic oxidation sites excluding steroid dienone is 2. The van der Waals surface area contributed by atoms with Gasteiger partial charge in [0.1, 0.15) is 0 Å². The second-order valence-corrected chi connectivity index (χ2v) is 16.0. The fraction of sp³-hybridized carbons (Fsp3) is 0.0175. The molecule has 0 saturated carbocycles. The third-order valence-electron chi connectivity index (χ3n) is 12.4. The highest BCUT2D eigenvalue weighted by Gasteiger charge is 2.50. The van der Waals surface area contributed by atoms with Gasteiger partial charge in [-0.1, -0.05) is 170 Å². The number of benzene rings is 6. The number of fused-ring (bicyclic) bond motifs is 7. The molecular weight excluding hydrogens is 769 g/mol. The van der Waals surface area contributed by atoms with Crippen LogP contribution in [0.5, 0.6) is 0 Å². The fourth-order valence-corrected chi connectivity index (χ4v) is 9.60. The molecule has 6 nitrogen and oxygen atoms in total. The van der Waals surface area contributed by atoms with Crippen molar-refractivity contribution in [3.8, 4) is 0 Å². The Morgan fingerprint density at radius 2 is 0.984 bits per heavy atom. The molecule has 0 saturated heterocycles. The predicted octanol–water partition coefficient (Wildman–Crippen LogP) is 10.4. The number of para-hydroxylation sites is 1. The van der Waals surface area contributed by atoms with Crippen LogP contribution in [0, 0.1) is 0 Å². The van der Waals surface area contributed by atoms with Gasteiger partial charge in [-0.05, 0) is 76.9 Å². The van der Waals surface area contributed by atoms with Crippen LogP contribution in [0.15, 0.2) is 246 Å². The Hall–Kier alpha value is -8.48. The lowest BCUT2D eigenvalue weighted by Crippen LogP contribution is -2.51. The van der Waals surface area contributed by atoms with Crippen molar-refractivity contribution in [2.24, 2.45) is 10.1 Å². The molecule has 1 atom stereocenters. The number of hydrazone groups is 1. The first-order valence-electron chi connectivity index (χ1n) is 21.3. The van der Waals surface area contributed by atoms with Gasteiger partial charge in [0.05, 0.1) is 28.5 Å². The normalized spacial score (nSPS) is 19.5. The average Bonchev–Trinajstić information content (AvgIpc) is 4.20. The van der Waals surface area contributed by atoms with Gasteiger partial charge in [0.25, 0.3) is 0 Å². The van der Waals surface area contributed by atoms with E-state index >= 15 is 0 Å². The Morgan fingerprint density at radius 3 is 1.62 bits per heavy atom. The summed E-state index contributed by atoms with van der Waals surface area (Å²) < 4.78 is 2.32. The molecule has 1 unspecified atom stereocenters. The molecule has 0 aliphatic carbocycles. The number of nitrogens with zero attached hydrogens (tertiary/aromatic N) is 4. The molecule has 3 aromatic heterocycles. The lowest BCUT2D eigenvalue weighted by atomic mass is 9.81. The summed E-state index contributed by atoms with van der Waals surface area (Å²) in [5.41, 5.74) is 14.1. The number of rotatable bonds is 6. The number of hydrogen-bond donors (Lipinski definition) is 2. The van der Waals surface area contributed by atoms with Crippen LogP contribution in [0.4, 0.5) is 5.69 Å². The minimum Gasteiger partial charge on any atom is -0.356 e. The van der Waals surface area contributed by atoms with Crippen LogP contribution < -0.4 is 15.7 Å². The predicted molar refractivity (Wildman–Crippen MR) is 255 cm³/mol. The van der Waals surface area contributed by atoms with Crippen LogP contribution in [-0.2, 0) is 5.54 Å². The second kappa shape index (κ2) is 14.9. The number of hydrogen-bond acceptors (Lipinski definition) is 3. The molecule has 0 fully saturated rings. The number of aromatic amines is 2. The third-order valence-corrected chi connectivity index (χ3v) is 12.4. The highest BCUT2D eigenvalue weighted by Crippen LogP contribution is 2.49. The number of anilines is 1. The Labute approximate surface area is 365 Å². The van der Waals surface area contributed by atoms with E-state index in [4.69, 9.17) is 10.1 Å². The number of nitrogens with one attached hydrogen (secondary N) is 2. The van der Waals surface area contributed by atoms with Crippen molar-refractivity contribution in [3.63, 3.8) is 0 Å². The minimum absolute atomic E-state index is 0.820. The van der Waals surface area contributed by atoms with Crippen molar-refractivity contribution in [2.45, 2.75) is 5.54 Å². The molecule has 3 aliphatic heterocycles. The van der Waals surface area contributed by atoms with E-state index < -0.39 is 5.54 Å². The van der Waals surface area contributed by atoms with E-state index in [-0.39, 0.29) is 0 Å². The monoisotopic (exact) mass is 808 g/mol. The van der Waals surface area contributed by atoms with Crippen molar-refractivity contribution >= 4 is 34.0 Å². The molecule has 63 heavy (non-hydrogen) atoms. The van der Waals surface area contributed by atoms with Crippen LogP contribution >= 0.6 is 0 Å². The lowest BCUT2D eigenvalue weighted by Gasteiger charge is -2.46. The molecule has 12 rings (SSSR count). The van der Waals surface area contributed by atoms with Gasteiger partial charge in [0.15, 0.2) is 11.4 Å². The van der Waals surface area contributed by atoms with E-state index in [1.807, 2.05) is 0 Å². The van der Waals surface area contributed by atoms with Gasteiger partial charge in [0, 0.05) is 50.4 Å². The van der Waals surface area contributed by atoms with Crippen LogP contribution in [0.1, 0.15) is 50.5 Å². The molecule has 6 heterocycles. The van der Waals surface area contributed by atoms with Crippen molar-refractivity contribution in [1.29, 1.82) is 0 Å². The Bertz CT molecular complexity index is 3410. The molecule has 298 valence electrons. The van der Waals surface area contributed by atoms with Gasteiger partial charge in [-0.25, -0.2) is 10.0 Å². The molecule has 0 radical (unpaired) electrons. The molecular formula is C57H40N6. The largest absolute Gasteiger partial charge is 0.356 e. The highest BCUT2D eigenvalue weighted by molar-refractivity contribution is 6.30. The van der Waals surface area contributed by atoms with E-state index in [9.17, 15) is 0 Å². The summed E-state index contributed by atoms with van der Waals surface area (Å²) >= 11 is 0. The summed E-state index contributed by atoms with van der Waals surface area (Å²) in [5.74, 6) is 0.820. The Kier molecular flexibility index (Phi) is 8.61. The Morgan fingerprint density at radius 1 is 0.444 bits per heavy atom. The van der Waals surface area contributed by atoms with Crippen molar-refractivity contribution in [3.05, 3.63) is 298 Å². The maximum Gasteiger partial charge on any atom is 0.168 e. The van der Waals surface area contributed by atoms with E-state index in [2.05, 4.69) is 250 Å². The van der Waals surface area contributed by atoms with Crippen LogP contribution in [-0.4, -0.2) is 26.1 Å². The van der Waals surface area contributed by atoms with Crippen molar-refractivity contribution in [1.82, 2.24) is 14.5 Å². The topological polar surface area (TPSA) is 64.5 Å². The molecule has 0 spiro atoms. The summed E-state index contributed by atoms with van der Waals surface area (Å²) in [5, 5.41) is 9.96. The summed E-state index contributed by atoms with van der Waals surface area (Å²) in [6.07, 6.45) is 6.59. The van der Waals surface area contributed by atoms with Gasteiger partial charge in [-0.2, -0.15) is 5.10 Å². The number of aliphatic imine (C=N–C) groups is 1. The first-order valence-corrected chi connectivity index (χ1v) is 21.3. The first-order chi connectivity index (χ1) is 31.2. The third kappa shape index (κ3) is 5.95. The van der Waals surface area contributed by atoms with E-state index in [1.165, 1.54) is 0 Å². The van der Waals surface area contributed by atoms with Crippen LogP contribution in [0.3, 0.4) is 0 Å². The number of aromatic nitrogens is 3.